The number of hydrogen-bond donors (Lipinski definition) is 3. The zero-order valence-electron chi connectivity index (χ0n) is 9.75. The Kier molecular flexibility index (Phi) is 4.69. The van der Waals surface area contributed by atoms with Gasteiger partial charge in [-0.05, 0) is 18.2 Å². The lowest BCUT2D eigenvalue weighted by Crippen LogP contribution is -2.46. The van der Waals surface area contributed by atoms with Crippen LogP contribution in [0.1, 0.15) is 0 Å². The van der Waals surface area contributed by atoms with Crippen molar-refractivity contribution < 1.29 is 9.18 Å². The molecule has 3 N–H and O–H groups in total. The Morgan fingerprint density at radius 2 is 2.05 bits per heavy atom. The summed E-state index contributed by atoms with van der Waals surface area (Å²) in [6.45, 7) is 0. The van der Waals surface area contributed by atoms with Crippen LogP contribution in [0.4, 0.5) is 14.9 Å². The van der Waals surface area contributed by atoms with E-state index in [4.69, 9.17) is 34.8 Å². The predicted octanol–water partition coefficient (Wildman–Crippen LogP) is 3.45. The molecule has 0 radical (unpaired) electrons. The number of carbonyl (C=O) groups excluding carboxylic acids is 1. The third kappa shape index (κ3) is 3.75. The van der Waals surface area contributed by atoms with Gasteiger partial charge in [-0.3, -0.25) is 5.32 Å². The lowest BCUT2D eigenvalue weighted by atomic mass is 10.3. The molecule has 0 aliphatic carbocycles. The topological polar surface area (TPSA) is 65.5 Å². The summed E-state index contributed by atoms with van der Waals surface area (Å²) in [5, 5.41) is 7.88. The Morgan fingerprint density at radius 1 is 1.30 bits per heavy atom. The Labute approximate surface area is 128 Å². The number of allylic oxidation sites excluding steroid dienone is 1. The Hall–Kier alpha value is -1.50. The van der Waals surface area contributed by atoms with Crippen LogP contribution in [-0.4, -0.2) is 18.5 Å². The minimum absolute atomic E-state index is 0.222. The monoisotopic (exact) mass is 336 g/mol. The quantitative estimate of drug-likeness (QED) is 0.724. The van der Waals surface area contributed by atoms with Gasteiger partial charge in [0.05, 0.1) is 16.3 Å². The second kappa shape index (κ2) is 6.30. The van der Waals surface area contributed by atoms with Gasteiger partial charge < -0.3 is 10.6 Å². The molecule has 1 unspecified atom stereocenters. The molecule has 1 aromatic carbocycles. The molecular formula is C11H8Cl3FN4O. The molecule has 1 aliphatic heterocycles. The molecule has 0 spiro atoms. The summed E-state index contributed by atoms with van der Waals surface area (Å²) in [6.07, 6.45) is 0.0629. The smallest absolute Gasteiger partial charge is 0.322 e. The molecule has 0 saturated carbocycles. The number of anilines is 1. The average molecular weight is 338 g/mol. The molecular weight excluding hydrogens is 330 g/mol. The third-order valence-corrected chi connectivity index (χ3v) is 3.28. The van der Waals surface area contributed by atoms with Crippen molar-refractivity contribution in [3.8, 4) is 0 Å². The van der Waals surface area contributed by atoms with Crippen molar-refractivity contribution in [2.45, 2.75) is 6.29 Å². The van der Waals surface area contributed by atoms with E-state index >= 15 is 0 Å². The number of amides is 2. The highest BCUT2D eigenvalue weighted by atomic mass is 35.5. The van der Waals surface area contributed by atoms with E-state index in [2.05, 4.69) is 20.9 Å². The number of nitrogens with zero attached hydrogens (tertiary/aromatic N) is 1. The van der Waals surface area contributed by atoms with Crippen molar-refractivity contribution in [3.63, 3.8) is 0 Å². The van der Waals surface area contributed by atoms with Crippen molar-refractivity contribution in [2.75, 3.05) is 5.32 Å². The minimum Gasteiger partial charge on any atom is -0.335 e. The van der Waals surface area contributed by atoms with Crippen LogP contribution in [0, 0.1) is 0 Å². The van der Waals surface area contributed by atoms with E-state index < -0.39 is 18.1 Å². The van der Waals surface area contributed by atoms with Crippen molar-refractivity contribution in [1.82, 2.24) is 10.6 Å². The van der Waals surface area contributed by atoms with Gasteiger partial charge in [-0.25, -0.2) is 14.2 Å². The number of aliphatic imine (C=N–C) groups is 1. The van der Waals surface area contributed by atoms with Gasteiger partial charge in [0.15, 0.2) is 12.1 Å². The van der Waals surface area contributed by atoms with Gasteiger partial charge in [0.2, 0.25) is 0 Å². The van der Waals surface area contributed by atoms with Crippen LogP contribution in [0.15, 0.2) is 34.2 Å². The summed E-state index contributed by atoms with van der Waals surface area (Å²) >= 11 is 17.1. The van der Waals surface area contributed by atoms with Crippen LogP contribution in [0.2, 0.25) is 10.0 Å². The summed E-state index contributed by atoms with van der Waals surface area (Å²) in [5.74, 6) is -0.699. The maximum Gasteiger partial charge on any atom is 0.322 e. The number of benzene rings is 1. The molecule has 2 rings (SSSR count). The lowest BCUT2D eigenvalue weighted by Gasteiger charge is -2.19. The van der Waals surface area contributed by atoms with Gasteiger partial charge in [-0.15, -0.1) is 0 Å². The number of carbonyl (C=O) groups is 1. The molecule has 20 heavy (non-hydrogen) atoms. The number of halogens is 4. The summed E-state index contributed by atoms with van der Waals surface area (Å²) in [5.41, 5.74) is 0.449. The van der Waals surface area contributed by atoms with Crippen LogP contribution in [0.25, 0.3) is 0 Å². The van der Waals surface area contributed by atoms with Crippen LogP contribution >= 0.6 is 34.8 Å². The number of urea groups is 1. The molecule has 5 nitrogen and oxygen atoms in total. The van der Waals surface area contributed by atoms with E-state index in [0.717, 1.165) is 6.21 Å². The molecule has 106 valence electrons. The van der Waals surface area contributed by atoms with E-state index in [1.807, 2.05) is 0 Å². The van der Waals surface area contributed by atoms with Crippen LogP contribution in [-0.2, 0) is 0 Å². The van der Waals surface area contributed by atoms with Crippen LogP contribution in [0.5, 0.6) is 0 Å². The first kappa shape index (κ1) is 14.9. The first-order chi connectivity index (χ1) is 9.45. The maximum atomic E-state index is 12.9. The Bertz CT molecular complexity index is 605. The standard InChI is InChI=1S/C11H8Cl3FN4O/c12-6-2-1-5(3-7(6)13)17-11(20)19-10-16-4-8(15)9(14)18-10/h1-4,10,18H,(H2,17,19,20). The summed E-state index contributed by atoms with van der Waals surface area (Å²) in [7, 11) is 0. The minimum atomic E-state index is -0.857. The second-order valence-electron chi connectivity index (χ2n) is 3.71. The highest BCUT2D eigenvalue weighted by Gasteiger charge is 2.16. The molecule has 0 fully saturated rings. The van der Waals surface area contributed by atoms with Gasteiger partial charge in [0.1, 0.15) is 5.16 Å². The molecule has 0 saturated heterocycles. The van der Waals surface area contributed by atoms with Gasteiger partial charge in [-0.2, -0.15) is 0 Å². The van der Waals surface area contributed by atoms with Crippen LogP contribution in [0.3, 0.4) is 0 Å². The Balaban J connectivity index is 1.93. The molecule has 1 atom stereocenters. The second-order valence-corrected chi connectivity index (χ2v) is 4.91. The highest BCUT2D eigenvalue weighted by molar-refractivity contribution is 6.42. The van der Waals surface area contributed by atoms with E-state index in [9.17, 15) is 9.18 Å². The first-order valence-corrected chi connectivity index (χ1v) is 6.46. The van der Waals surface area contributed by atoms with Crippen LogP contribution < -0.4 is 16.0 Å². The molecule has 1 aromatic rings. The fraction of sp³-hybridized carbons (Fsp3) is 0.0909. The third-order valence-electron chi connectivity index (χ3n) is 2.26. The lowest BCUT2D eigenvalue weighted by molar-refractivity contribution is 0.247. The van der Waals surface area contributed by atoms with Crippen molar-refractivity contribution >= 4 is 52.7 Å². The molecule has 2 amide bonds. The van der Waals surface area contributed by atoms with E-state index in [0.29, 0.717) is 15.7 Å². The van der Waals surface area contributed by atoms with Gasteiger partial charge >= 0.3 is 6.03 Å². The van der Waals surface area contributed by atoms with E-state index in [1.54, 1.807) is 12.1 Å². The molecule has 1 aliphatic rings. The highest BCUT2D eigenvalue weighted by Crippen LogP contribution is 2.24. The first-order valence-electron chi connectivity index (χ1n) is 5.33. The molecule has 0 aromatic heterocycles. The van der Waals surface area contributed by atoms with Crippen molar-refractivity contribution in [1.29, 1.82) is 0 Å². The number of nitrogens with one attached hydrogen (secondary N) is 3. The molecule has 0 bridgehead atoms. The summed E-state index contributed by atoms with van der Waals surface area (Å²) in [4.78, 5) is 15.4. The maximum absolute atomic E-state index is 12.9. The summed E-state index contributed by atoms with van der Waals surface area (Å²) < 4.78 is 12.9. The van der Waals surface area contributed by atoms with Gasteiger partial charge in [0, 0.05) is 5.69 Å². The van der Waals surface area contributed by atoms with E-state index in [-0.39, 0.29) is 5.16 Å². The fourth-order valence-corrected chi connectivity index (χ4v) is 1.81. The zero-order valence-corrected chi connectivity index (χ0v) is 12.0. The van der Waals surface area contributed by atoms with Crippen molar-refractivity contribution in [2.24, 2.45) is 4.99 Å². The normalized spacial score (nSPS) is 17.7. The molecule has 1 heterocycles. The fourth-order valence-electron chi connectivity index (χ4n) is 1.36. The zero-order chi connectivity index (χ0) is 14.7. The van der Waals surface area contributed by atoms with Gasteiger partial charge in [-0.1, -0.05) is 34.8 Å². The summed E-state index contributed by atoms with van der Waals surface area (Å²) in [6, 6.07) is 4.06. The van der Waals surface area contributed by atoms with Crippen molar-refractivity contribution in [3.05, 3.63) is 39.2 Å². The number of hydrogen-bond acceptors (Lipinski definition) is 3. The van der Waals surface area contributed by atoms with Gasteiger partial charge in [0.25, 0.3) is 0 Å². The van der Waals surface area contributed by atoms with E-state index in [1.165, 1.54) is 6.07 Å². The average Bonchev–Trinajstić information content (AvgIpc) is 2.38. The predicted molar refractivity (Wildman–Crippen MR) is 78.0 cm³/mol. The largest absolute Gasteiger partial charge is 0.335 e. The number of rotatable bonds is 2. The Morgan fingerprint density at radius 3 is 2.70 bits per heavy atom. The molecule has 9 heteroatoms. The SMILES string of the molecule is O=C(Nc1ccc(Cl)c(Cl)c1)NC1N=CC(F)=C(Cl)N1.